The first kappa shape index (κ1) is 20.0. The van der Waals surface area contributed by atoms with E-state index in [4.69, 9.17) is 9.47 Å². The van der Waals surface area contributed by atoms with Crippen molar-refractivity contribution in [3.63, 3.8) is 0 Å². The van der Waals surface area contributed by atoms with Gasteiger partial charge in [-0.05, 0) is 43.9 Å². The lowest BCUT2D eigenvalue weighted by Crippen LogP contribution is -2.47. The van der Waals surface area contributed by atoms with Gasteiger partial charge in [-0.1, -0.05) is 12.1 Å². The van der Waals surface area contributed by atoms with Crippen molar-refractivity contribution >= 4 is 35.9 Å². The number of nitrogens with one attached hydrogen (secondary N) is 2. The lowest BCUT2D eigenvalue weighted by molar-refractivity contribution is 0.0526. The molecule has 2 heterocycles. The molecule has 2 aliphatic rings. The van der Waals surface area contributed by atoms with E-state index in [1.165, 1.54) is 6.42 Å². The van der Waals surface area contributed by atoms with Gasteiger partial charge in [-0.2, -0.15) is 0 Å². The van der Waals surface area contributed by atoms with Gasteiger partial charge in [0.05, 0.1) is 30.4 Å². The number of ether oxygens (including phenoxy) is 2. The zero-order valence-corrected chi connectivity index (χ0v) is 17.0. The lowest BCUT2D eigenvalue weighted by Gasteiger charge is -2.22. The fourth-order valence-corrected chi connectivity index (χ4v) is 3.32. The maximum absolute atomic E-state index is 11.6. The summed E-state index contributed by atoms with van der Waals surface area (Å²) in [4.78, 5) is 15.9. The van der Waals surface area contributed by atoms with Crippen LogP contribution in [0.25, 0.3) is 0 Å². The molecule has 0 aliphatic carbocycles. The Bertz CT molecular complexity index is 606. The van der Waals surface area contributed by atoms with Crippen molar-refractivity contribution < 1.29 is 14.3 Å². The minimum Gasteiger partial charge on any atom is -0.462 e. The highest BCUT2D eigenvalue weighted by molar-refractivity contribution is 14.0. The third-order valence-electron chi connectivity index (χ3n) is 4.58. The average Bonchev–Trinajstić information content (AvgIpc) is 3.22. The second kappa shape index (κ2) is 9.38. The topological polar surface area (TPSA) is 72.0 Å². The molecule has 0 saturated carbocycles. The molecule has 2 bridgehead atoms. The molecule has 0 aromatic heterocycles. The summed E-state index contributed by atoms with van der Waals surface area (Å²) in [6.45, 7) is 2.83. The van der Waals surface area contributed by atoms with E-state index in [1.54, 1.807) is 26.1 Å². The van der Waals surface area contributed by atoms with Gasteiger partial charge >= 0.3 is 5.97 Å². The standard InChI is InChI=1S/C18H25N3O3.HI/c1-3-23-17(22)13-6-4-12(5-7-13)11-20-18(19-2)21-15-10-14-8-9-16(15)24-14;/h4-7,14-16H,3,8-11H2,1-2H3,(H2,19,20,21);1H. The second-order valence-corrected chi connectivity index (χ2v) is 6.20. The molecule has 25 heavy (non-hydrogen) atoms. The van der Waals surface area contributed by atoms with Crippen molar-refractivity contribution in [3.8, 4) is 0 Å². The van der Waals surface area contributed by atoms with E-state index < -0.39 is 0 Å². The number of carbonyl (C=O) groups excluding carboxylic acids is 1. The van der Waals surface area contributed by atoms with Gasteiger partial charge in [-0.25, -0.2) is 4.79 Å². The molecule has 2 saturated heterocycles. The first-order valence-electron chi connectivity index (χ1n) is 8.58. The Balaban J connectivity index is 0.00000225. The van der Waals surface area contributed by atoms with Crippen LogP contribution >= 0.6 is 24.0 Å². The van der Waals surface area contributed by atoms with Crippen LogP contribution in [0.3, 0.4) is 0 Å². The van der Waals surface area contributed by atoms with Crippen molar-refractivity contribution in [2.45, 2.75) is 51.0 Å². The number of benzene rings is 1. The minimum absolute atomic E-state index is 0. The van der Waals surface area contributed by atoms with Crippen molar-refractivity contribution in [1.82, 2.24) is 10.6 Å². The minimum atomic E-state index is -0.286. The number of halogens is 1. The van der Waals surface area contributed by atoms with E-state index in [1.807, 2.05) is 12.1 Å². The summed E-state index contributed by atoms with van der Waals surface area (Å²) >= 11 is 0. The number of hydrogen-bond acceptors (Lipinski definition) is 4. The number of esters is 1. The first-order valence-corrected chi connectivity index (χ1v) is 8.58. The van der Waals surface area contributed by atoms with Crippen LogP contribution < -0.4 is 10.6 Å². The summed E-state index contributed by atoms with van der Waals surface area (Å²) in [5.74, 6) is 0.497. The predicted molar refractivity (Wildman–Crippen MR) is 107 cm³/mol. The number of carbonyl (C=O) groups is 1. The molecule has 2 N–H and O–H groups in total. The number of guanidine groups is 1. The Morgan fingerprint density at radius 1 is 1.32 bits per heavy atom. The summed E-state index contributed by atoms with van der Waals surface area (Å²) in [6, 6.07) is 7.77. The number of nitrogens with zero attached hydrogens (tertiary/aromatic N) is 1. The lowest BCUT2D eigenvalue weighted by atomic mass is 9.96. The van der Waals surface area contributed by atoms with Gasteiger partial charge in [0.2, 0.25) is 0 Å². The second-order valence-electron chi connectivity index (χ2n) is 6.20. The van der Waals surface area contributed by atoms with Crippen LogP contribution in [0.4, 0.5) is 0 Å². The molecular weight excluding hydrogens is 433 g/mol. The molecule has 6 nitrogen and oxygen atoms in total. The number of rotatable bonds is 5. The Morgan fingerprint density at radius 2 is 2.08 bits per heavy atom. The van der Waals surface area contributed by atoms with E-state index in [0.29, 0.717) is 37.0 Å². The largest absolute Gasteiger partial charge is 0.462 e. The van der Waals surface area contributed by atoms with Crippen LogP contribution in [0.15, 0.2) is 29.3 Å². The van der Waals surface area contributed by atoms with Crippen LogP contribution in [0.2, 0.25) is 0 Å². The normalized spacial score (nSPS) is 24.6. The zero-order valence-electron chi connectivity index (χ0n) is 14.7. The Kier molecular flexibility index (Phi) is 7.49. The molecule has 0 spiro atoms. The van der Waals surface area contributed by atoms with Gasteiger partial charge in [-0.15, -0.1) is 24.0 Å². The zero-order chi connectivity index (χ0) is 16.9. The molecule has 3 unspecified atom stereocenters. The Hall–Kier alpha value is -1.35. The van der Waals surface area contributed by atoms with Crippen molar-refractivity contribution in [2.75, 3.05) is 13.7 Å². The summed E-state index contributed by atoms with van der Waals surface area (Å²) in [7, 11) is 1.77. The molecule has 138 valence electrons. The van der Waals surface area contributed by atoms with E-state index in [9.17, 15) is 4.79 Å². The maximum atomic E-state index is 11.6. The molecule has 3 atom stereocenters. The highest BCUT2D eigenvalue weighted by Crippen LogP contribution is 2.34. The van der Waals surface area contributed by atoms with Crippen LogP contribution in [0.1, 0.15) is 42.1 Å². The fourth-order valence-electron chi connectivity index (χ4n) is 3.32. The first-order chi connectivity index (χ1) is 11.7. The third-order valence-corrected chi connectivity index (χ3v) is 4.58. The average molecular weight is 459 g/mol. The van der Waals surface area contributed by atoms with Crippen LogP contribution in [0, 0.1) is 0 Å². The number of hydrogen-bond donors (Lipinski definition) is 2. The summed E-state index contributed by atoms with van der Waals surface area (Å²) in [6.07, 6.45) is 4.11. The maximum Gasteiger partial charge on any atom is 0.338 e. The molecule has 2 aliphatic heterocycles. The number of aliphatic imine (C=N–C) groups is 1. The summed E-state index contributed by atoms with van der Waals surface area (Å²) in [5, 5.41) is 6.77. The SMILES string of the molecule is CCOC(=O)c1ccc(CNC(=NC)NC2CC3CCC2O3)cc1.I. The molecule has 0 radical (unpaired) electrons. The highest BCUT2D eigenvalue weighted by atomic mass is 127. The van der Waals surface area contributed by atoms with Gasteiger partial charge in [0.1, 0.15) is 0 Å². The summed E-state index contributed by atoms with van der Waals surface area (Å²) < 4.78 is 10.8. The number of fused-ring (bicyclic) bond motifs is 2. The molecule has 7 heteroatoms. The van der Waals surface area contributed by atoms with E-state index >= 15 is 0 Å². The van der Waals surface area contributed by atoms with Crippen LogP contribution in [-0.2, 0) is 16.0 Å². The Labute approximate surface area is 165 Å². The quantitative estimate of drug-likeness (QED) is 0.307. The van der Waals surface area contributed by atoms with Crippen molar-refractivity contribution in [3.05, 3.63) is 35.4 Å². The molecule has 2 fully saturated rings. The predicted octanol–water partition coefficient (Wildman–Crippen LogP) is 2.47. The van der Waals surface area contributed by atoms with E-state index in [2.05, 4.69) is 15.6 Å². The van der Waals surface area contributed by atoms with Crippen molar-refractivity contribution in [1.29, 1.82) is 0 Å². The van der Waals surface area contributed by atoms with Gasteiger partial charge in [-0.3, -0.25) is 4.99 Å². The molecule has 3 rings (SSSR count). The third kappa shape index (κ3) is 5.07. The summed E-state index contributed by atoms with van der Waals surface area (Å²) in [5.41, 5.74) is 1.65. The van der Waals surface area contributed by atoms with Crippen LogP contribution in [-0.4, -0.2) is 43.8 Å². The van der Waals surface area contributed by atoms with Gasteiger partial charge in [0.25, 0.3) is 0 Å². The Morgan fingerprint density at radius 3 is 2.64 bits per heavy atom. The van der Waals surface area contributed by atoms with Gasteiger partial charge in [0, 0.05) is 13.6 Å². The molecule has 1 aromatic carbocycles. The highest BCUT2D eigenvalue weighted by Gasteiger charge is 2.41. The van der Waals surface area contributed by atoms with Crippen LogP contribution in [0.5, 0.6) is 0 Å². The van der Waals surface area contributed by atoms with E-state index in [0.717, 1.165) is 24.4 Å². The molecule has 1 aromatic rings. The fraction of sp³-hybridized carbons (Fsp3) is 0.556. The van der Waals surface area contributed by atoms with E-state index in [-0.39, 0.29) is 29.9 Å². The van der Waals surface area contributed by atoms with Gasteiger partial charge in [0.15, 0.2) is 5.96 Å². The van der Waals surface area contributed by atoms with Crippen molar-refractivity contribution in [2.24, 2.45) is 4.99 Å². The van der Waals surface area contributed by atoms with Gasteiger partial charge < -0.3 is 20.1 Å². The molecular formula is C18H26IN3O3. The smallest absolute Gasteiger partial charge is 0.338 e. The molecule has 0 amide bonds. The monoisotopic (exact) mass is 459 g/mol.